The van der Waals surface area contributed by atoms with Crippen LogP contribution in [0.15, 0.2) is 22.8 Å². The van der Waals surface area contributed by atoms with Gasteiger partial charge in [-0.1, -0.05) is 11.3 Å². The van der Waals surface area contributed by atoms with Crippen molar-refractivity contribution in [3.63, 3.8) is 0 Å². The zero-order valence-corrected chi connectivity index (χ0v) is 14.0. The fourth-order valence-electron chi connectivity index (χ4n) is 2.12. The zero-order valence-electron chi connectivity index (χ0n) is 10.9. The van der Waals surface area contributed by atoms with Crippen molar-refractivity contribution in [3.8, 4) is 0 Å². The maximum absolute atomic E-state index is 12.2. The van der Waals surface area contributed by atoms with Gasteiger partial charge in [-0.05, 0) is 39.7 Å². The lowest BCUT2D eigenvalue weighted by molar-refractivity contribution is 0.0745. The molecule has 0 aromatic carbocycles. The molecule has 0 bridgehead atoms. The van der Waals surface area contributed by atoms with Crippen molar-refractivity contribution in [3.05, 3.63) is 32.3 Å². The first-order chi connectivity index (χ1) is 10.1. The van der Waals surface area contributed by atoms with E-state index in [1.165, 1.54) is 0 Å². The summed E-state index contributed by atoms with van der Waals surface area (Å²) < 4.78 is 1.24. The monoisotopic (exact) mass is 387 g/mol. The minimum absolute atomic E-state index is 0.109. The number of rotatable bonds is 2. The number of halogens is 2. The Morgan fingerprint density at radius 2 is 2.00 bits per heavy atom. The molecule has 0 saturated carbocycles. The van der Waals surface area contributed by atoms with Crippen molar-refractivity contribution in [2.75, 3.05) is 31.1 Å². The number of hydrogen-bond acceptors (Lipinski definition) is 6. The number of nitrogens with zero attached hydrogens (tertiary/aromatic N) is 5. The van der Waals surface area contributed by atoms with Crippen LogP contribution in [-0.4, -0.2) is 52.2 Å². The Balaban J connectivity index is 1.62. The molecule has 3 heterocycles. The van der Waals surface area contributed by atoms with Gasteiger partial charge in [0.1, 0.15) is 5.82 Å². The van der Waals surface area contributed by atoms with Gasteiger partial charge in [-0.3, -0.25) is 4.79 Å². The molecule has 0 N–H and O–H groups in total. The highest BCUT2D eigenvalue weighted by Gasteiger charge is 2.25. The van der Waals surface area contributed by atoms with Gasteiger partial charge in [-0.15, -0.1) is 10.2 Å². The first-order valence-electron chi connectivity index (χ1n) is 6.28. The number of carbonyl (C=O) groups is 1. The number of aromatic nitrogens is 3. The summed E-state index contributed by atoms with van der Waals surface area (Å²) >= 11 is 10.2. The summed E-state index contributed by atoms with van der Waals surface area (Å²) in [4.78, 5) is 20.5. The van der Waals surface area contributed by atoms with Crippen LogP contribution in [0.25, 0.3) is 0 Å². The molecule has 0 radical (unpaired) electrons. The molecule has 0 unspecified atom stereocenters. The Bertz CT molecular complexity index is 641. The minimum Gasteiger partial charge on any atom is -0.353 e. The van der Waals surface area contributed by atoms with Crippen molar-refractivity contribution < 1.29 is 4.79 Å². The number of piperazine rings is 1. The molecule has 110 valence electrons. The van der Waals surface area contributed by atoms with E-state index in [1.54, 1.807) is 11.1 Å². The van der Waals surface area contributed by atoms with Crippen LogP contribution >= 0.6 is 38.9 Å². The first kappa shape index (κ1) is 14.7. The summed E-state index contributed by atoms with van der Waals surface area (Å²) in [7, 11) is 0. The van der Waals surface area contributed by atoms with Gasteiger partial charge in [0.15, 0.2) is 0 Å². The predicted octanol–water partition coefficient (Wildman–Crippen LogP) is 2.31. The van der Waals surface area contributed by atoms with E-state index in [0.717, 1.165) is 34.7 Å². The lowest BCUT2D eigenvalue weighted by Crippen LogP contribution is -2.49. The molecule has 1 amide bonds. The maximum atomic E-state index is 12.2. The van der Waals surface area contributed by atoms with Gasteiger partial charge in [0.05, 0.1) is 0 Å². The molecule has 9 heteroatoms. The SMILES string of the molecule is O=C(c1nnc(Cl)s1)N1CCN(c2ccc(Br)cn2)CC1. The Hall–Kier alpha value is -1.25. The van der Waals surface area contributed by atoms with E-state index in [0.29, 0.717) is 18.1 Å². The van der Waals surface area contributed by atoms with Crippen molar-refractivity contribution in [1.82, 2.24) is 20.1 Å². The summed E-state index contributed by atoms with van der Waals surface area (Å²) in [5, 5.41) is 7.80. The van der Waals surface area contributed by atoms with Gasteiger partial charge < -0.3 is 9.80 Å². The van der Waals surface area contributed by atoms with Crippen LogP contribution in [0, 0.1) is 0 Å². The average Bonchev–Trinajstić information content (AvgIpc) is 2.94. The van der Waals surface area contributed by atoms with Crippen LogP contribution in [0.2, 0.25) is 4.47 Å². The van der Waals surface area contributed by atoms with Gasteiger partial charge in [-0.25, -0.2) is 4.98 Å². The average molecular weight is 389 g/mol. The van der Waals surface area contributed by atoms with Gasteiger partial charge in [0.25, 0.3) is 5.91 Å². The second kappa shape index (κ2) is 6.25. The summed E-state index contributed by atoms with van der Waals surface area (Å²) in [6.07, 6.45) is 1.77. The molecule has 6 nitrogen and oxygen atoms in total. The van der Waals surface area contributed by atoms with Gasteiger partial charge in [0.2, 0.25) is 9.47 Å². The van der Waals surface area contributed by atoms with Crippen LogP contribution in [0.1, 0.15) is 9.80 Å². The van der Waals surface area contributed by atoms with E-state index in [4.69, 9.17) is 11.6 Å². The molecular weight excluding hydrogens is 378 g/mol. The second-order valence-corrected chi connectivity index (χ2v) is 6.95. The summed E-state index contributed by atoms with van der Waals surface area (Å²) in [6.45, 7) is 2.75. The van der Waals surface area contributed by atoms with E-state index in [2.05, 4.69) is 36.0 Å². The van der Waals surface area contributed by atoms with Crippen LogP contribution < -0.4 is 4.90 Å². The molecule has 0 aliphatic carbocycles. The number of hydrogen-bond donors (Lipinski definition) is 0. The van der Waals surface area contributed by atoms with Crippen LogP contribution in [0.3, 0.4) is 0 Å². The molecule has 1 aliphatic rings. The molecule has 1 saturated heterocycles. The van der Waals surface area contributed by atoms with Crippen molar-refractivity contribution in [2.45, 2.75) is 0 Å². The normalized spacial score (nSPS) is 15.3. The lowest BCUT2D eigenvalue weighted by Gasteiger charge is -2.34. The summed E-state index contributed by atoms with van der Waals surface area (Å²) in [6, 6.07) is 3.93. The molecule has 21 heavy (non-hydrogen) atoms. The van der Waals surface area contributed by atoms with Crippen molar-refractivity contribution >= 4 is 50.6 Å². The molecule has 2 aromatic heterocycles. The van der Waals surface area contributed by atoms with E-state index in [9.17, 15) is 4.79 Å². The van der Waals surface area contributed by atoms with E-state index in [-0.39, 0.29) is 10.4 Å². The second-order valence-electron chi connectivity index (χ2n) is 4.47. The molecule has 1 aliphatic heterocycles. The Labute approximate surface area is 138 Å². The van der Waals surface area contributed by atoms with Crippen LogP contribution in [0.5, 0.6) is 0 Å². The van der Waals surface area contributed by atoms with Crippen LogP contribution in [0.4, 0.5) is 5.82 Å². The van der Waals surface area contributed by atoms with Crippen molar-refractivity contribution in [2.24, 2.45) is 0 Å². The fraction of sp³-hybridized carbons (Fsp3) is 0.333. The third-order valence-corrected chi connectivity index (χ3v) is 4.66. The van der Waals surface area contributed by atoms with Crippen LogP contribution in [-0.2, 0) is 0 Å². The number of anilines is 1. The summed E-state index contributed by atoms with van der Waals surface area (Å²) in [5.74, 6) is 0.812. The number of amides is 1. The largest absolute Gasteiger partial charge is 0.353 e. The fourth-order valence-corrected chi connectivity index (χ4v) is 3.15. The third kappa shape index (κ3) is 3.33. The molecular formula is C12H11BrClN5OS. The lowest BCUT2D eigenvalue weighted by atomic mass is 10.3. The summed E-state index contributed by atoms with van der Waals surface area (Å²) in [5.41, 5.74) is 0. The molecule has 0 atom stereocenters. The Morgan fingerprint density at radius 3 is 2.57 bits per heavy atom. The number of carbonyl (C=O) groups excluding carboxylic acids is 1. The standard InChI is InChI=1S/C12H11BrClN5OS/c13-8-1-2-9(15-7-8)18-3-5-19(6-4-18)11(20)10-16-17-12(14)21-10/h1-2,7H,3-6H2. The Morgan fingerprint density at radius 1 is 1.24 bits per heavy atom. The maximum Gasteiger partial charge on any atom is 0.285 e. The van der Waals surface area contributed by atoms with Gasteiger partial charge in [-0.2, -0.15) is 0 Å². The predicted molar refractivity (Wildman–Crippen MR) is 85.0 cm³/mol. The van der Waals surface area contributed by atoms with Crippen molar-refractivity contribution in [1.29, 1.82) is 0 Å². The van der Waals surface area contributed by atoms with E-state index >= 15 is 0 Å². The number of pyridine rings is 1. The Kier molecular flexibility index (Phi) is 4.37. The highest BCUT2D eigenvalue weighted by Crippen LogP contribution is 2.19. The van der Waals surface area contributed by atoms with E-state index < -0.39 is 0 Å². The minimum atomic E-state index is -0.109. The first-order valence-corrected chi connectivity index (χ1v) is 8.27. The van der Waals surface area contributed by atoms with Gasteiger partial charge in [0, 0.05) is 36.8 Å². The zero-order chi connectivity index (χ0) is 14.8. The topological polar surface area (TPSA) is 62.2 Å². The highest BCUT2D eigenvalue weighted by molar-refractivity contribution is 9.10. The molecule has 1 fully saturated rings. The van der Waals surface area contributed by atoms with E-state index in [1.807, 2.05) is 12.1 Å². The highest BCUT2D eigenvalue weighted by atomic mass is 79.9. The third-order valence-electron chi connectivity index (χ3n) is 3.19. The molecule has 2 aromatic rings. The molecule has 0 spiro atoms. The van der Waals surface area contributed by atoms with Gasteiger partial charge >= 0.3 is 0 Å². The quantitative estimate of drug-likeness (QED) is 0.790. The molecule has 3 rings (SSSR count). The smallest absolute Gasteiger partial charge is 0.285 e.